The number of ether oxygens (including phenoxy) is 1. The molecule has 0 spiro atoms. The summed E-state index contributed by atoms with van der Waals surface area (Å²) < 4.78 is 7.82. The second-order valence-corrected chi connectivity index (χ2v) is 16.8. The van der Waals surface area contributed by atoms with E-state index in [1.165, 1.54) is 0 Å². The molecule has 1 atom stereocenters. The van der Waals surface area contributed by atoms with Crippen LogP contribution in [0, 0.1) is 0 Å². The number of piperidine rings is 1. The summed E-state index contributed by atoms with van der Waals surface area (Å²) in [5.74, 6) is 0.691. The molecular formula is C43H56Cl2N12O5. The lowest BCUT2D eigenvalue weighted by atomic mass is 10.0. The number of carbonyl (C=O) groups is 4. The van der Waals surface area contributed by atoms with Crippen LogP contribution >= 0.6 is 24.8 Å². The van der Waals surface area contributed by atoms with Crippen molar-refractivity contribution in [3.8, 4) is 5.75 Å². The number of benzene rings is 1. The molecule has 3 aromatic heterocycles. The Morgan fingerprint density at radius 2 is 1.53 bits per heavy atom. The van der Waals surface area contributed by atoms with Gasteiger partial charge in [0.2, 0.25) is 17.8 Å². The van der Waals surface area contributed by atoms with Crippen LogP contribution < -0.4 is 25.2 Å². The second kappa shape index (κ2) is 19.0. The fraction of sp³-hybridized carbons (Fsp3) is 0.512. The zero-order chi connectivity index (χ0) is 41.5. The Balaban J connectivity index is 0.00000289. The van der Waals surface area contributed by atoms with Gasteiger partial charge in [0.1, 0.15) is 29.0 Å². The third-order valence-corrected chi connectivity index (χ3v) is 12.9. The molecule has 1 aromatic carbocycles. The third kappa shape index (κ3) is 8.98. The average molecular weight is 892 g/mol. The molecule has 1 aliphatic carbocycles. The predicted octanol–water partition coefficient (Wildman–Crippen LogP) is 3.94. The van der Waals surface area contributed by atoms with Crippen LogP contribution in [0.25, 0.3) is 11.0 Å². The molecule has 2 N–H and O–H groups in total. The number of fused-ring (bicyclic) bond motifs is 2. The van der Waals surface area contributed by atoms with E-state index in [0.29, 0.717) is 41.7 Å². The minimum absolute atomic E-state index is 0. The number of aromatic nitrogens is 4. The van der Waals surface area contributed by atoms with Gasteiger partial charge in [-0.15, -0.1) is 24.8 Å². The highest BCUT2D eigenvalue weighted by Gasteiger charge is 2.41. The van der Waals surface area contributed by atoms with Gasteiger partial charge < -0.3 is 34.2 Å². The Morgan fingerprint density at radius 3 is 2.15 bits per heavy atom. The van der Waals surface area contributed by atoms with Crippen molar-refractivity contribution in [2.45, 2.75) is 57.2 Å². The van der Waals surface area contributed by atoms with Crippen molar-refractivity contribution in [1.29, 1.82) is 0 Å². The molecule has 19 heteroatoms. The molecule has 4 amide bonds. The van der Waals surface area contributed by atoms with Gasteiger partial charge in [-0.2, -0.15) is 4.98 Å². The molecule has 3 saturated heterocycles. The molecule has 62 heavy (non-hydrogen) atoms. The van der Waals surface area contributed by atoms with E-state index in [2.05, 4.69) is 51.9 Å². The normalized spacial score (nSPS) is 19.9. The molecule has 0 bridgehead atoms. The number of hydrogen-bond acceptors (Lipinski definition) is 13. The fourth-order valence-corrected chi connectivity index (χ4v) is 9.50. The number of pyridine rings is 1. The molecule has 332 valence electrons. The Bertz CT molecular complexity index is 2290. The summed E-state index contributed by atoms with van der Waals surface area (Å²) in [6.07, 6.45) is 8.64. The largest absolute Gasteiger partial charge is 0.496 e. The van der Waals surface area contributed by atoms with Crippen molar-refractivity contribution in [2.75, 3.05) is 102 Å². The first-order valence-corrected chi connectivity index (χ1v) is 21.3. The zero-order valence-corrected chi connectivity index (χ0v) is 37.2. The third-order valence-electron chi connectivity index (χ3n) is 12.9. The molecule has 1 saturated carbocycles. The van der Waals surface area contributed by atoms with Crippen LogP contribution in [0.1, 0.15) is 71.0 Å². The molecule has 4 aromatic rings. The van der Waals surface area contributed by atoms with E-state index in [-0.39, 0.29) is 55.0 Å². The number of carbonyl (C=O) groups excluding carboxylic acids is 4. The van der Waals surface area contributed by atoms with Gasteiger partial charge in [-0.25, -0.2) is 9.97 Å². The number of halogens is 2. The number of amides is 4. The lowest BCUT2D eigenvalue weighted by Crippen LogP contribution is -2.52. The van der Waals surface area contributed by atoms with Gasteiger partial charge in [-0.1, -0.05) is 12.8 Å². The summed E-state index contributed by atoms with van der Waals surface area (Å²) in [4.78, 5) is 77.9. The monoisotopic (exact) mass is 890 g/mol. The Morgan fingerprint density at radius 1 is 0.855 bits per heavy atom. The number of imide groups is 1. The maximum atomic E-state index is 13.4. The maximum Gasteiger partial charge on any atom is 0.270 e. The molecule has 4 fully saturated rings. The van der Waals surface area contributed by atoms with Crippen LogP contribution in [0.5, 0.6) is 5.75 Å². The summed E-state index contributed by atoms with van der Waals surface area (Å²) in [7, 11) is 5.14. The second-order valence-electron chi connectivity index (χ2n) is 16.8. The Kier molecular flexibility index (Phi) is 13.8. The lowest BCUT2D eigenvalue weighted by molar-refractivity contribution is -0.136. The highest BCUT2D eigenvalue weighted by molar-refractivity contribution is 6.07. The lowest BCUT2D eigenvalue weighted by Gasteiger charge is -2.39. The molecule has 5 aliphatic rings. The number of methoxy groups -OCH3 is 1. The molecule has 1 unspecified atom stereocenters. The van der Waals surface area contributed by atoms with Crippen molar-refractivity contribution in [3.05, 3.63) is 59.5 Å². The van der Waals surface area contributed by atoms with E-state index in [4.69, 9.17) is 14.7 Å². The van der Waals surface area contributed by atoms with Crippen molar-refractivity contribution >= 4 is 82.6 Å². The number of hydrogen-bond donors (Lipinski definition) is 2. The van der Waals surface area contributed by atoms with Crippen molar-refractivity contribution < 1.29 is 23.9 Å². The number of anilines is 4. The number of nitrogens with zero attached hydrogens (tertiary/aromatic N) is 10. The van der Waals surface area contributed by atoms with Gasteiger partial charge in [-0.05, 0) is 49.1 Å². The van der Waals surface area contributed by atoms with Gasteiger partial charge >= 0.3 is 0 Å². The maximum absolute atomic E-state index is 13.4. The van der Waals surface area contributed by atoms with Gasteiger partial charge in [0.25, 0.3) is 11.8 Å². The smallest absolute Gasteiger partial charge is 0.270 e. The highest BCUT2D eigenvalue weighted by atomic mass is 35.5. The molecule has 7 heterocycles. The molecule has 17 nitrogen and oxygen atoms in total. The number of nitrogens with one attached hydrogen (secondary N) is 2. The number of rotatable bonds is 11. The summed E-state index contributed by atoms with van der Waals surface area (Å²) in [6.45, 7) is 9.78. The van der Waals surface area contributed by atoms with Crippen LogP contribution in [0.3, 0.4) is 0 Å². The highest BCUT2D eigenvalue weighted by Crippen LogP contribution is 2.38. The van der Waals surface area contributed by atoms with E-state index in [1.807, 2.05) is 24.4 Å². The molecule has 9 rings (SSSR count). The van der Waals surface area contributed by atoms with Crippen molar-refractivity contribution in [3.63, 3.8) is 0 Å². The standard InChI is InChI=1S/C43H54N12O5.2ClH/c1-49(2)41(58)34-23-28-25-45-43(48-39(28)55(34)30-6-4-5-7-30)46-36-10-8-31(26-44-36)52-18-14-50(15-19-52)12-13-51-16-20-53(21-17-51)32-22-29-27-54(33-9-11-37(56)47-40(33)57)42(59)38(29)35(24-32)60-3;;/h8,10,22-26,30,33H,4-7,9,11-21,27H2,1-3H3,(H,47,56,57)(H,44,45,46,48);2*1H. The summed E-state index contributed by atoms with van der Waals surface area (Å²) in [5.41, 5.74) is 4.91. The predicted molar refractivity (Wildman–Crippen MR) is 241 cm³/mol. The van der Waals surface area contributed by atoms with E-state index in [1.54, 1.807) is 37.2 Å². The first kappa shape index (κ1) is 44.8. The Labute approximate surface area is 373 Å². The van der Waals surface area contributed by atoms with E-state index in [9.17, 15) is 19.2 Å². The molecule has 4 aliphatic heterocycles. The Hall–Kier alpha value is -5.23. The van der Waals surface area contributed by atoms with Crippen LogP contribution in [0.15, 0.2) is 42.7 Å². The van der Waals surface area contributed by atoms with Crippen LogP contribution in [-0.4, -0.2) is 155 Å². The van der Waals surface area contributed by atoms with E-state index in [0.717, 1.165) is 119 Å². The minimum atomic E-state index is -0.656. The van der Waals surface area contributed by atoms with E-state index < -0.39 is 11.9 Å². The van der Waals surface area contributed by atoms with Crippen molar-refractivity contribution in [2.24, 2.45) is 0 Å². The topological polar surface area (TPSA) is 165 Å². The van der Waals surface area contributed by atoms with Crippen LogP contribution in [0.4, 0.5) is 23.1 Å². The molecule has 0 radical (unpaired) electrons. The van der Waals surface area contributed by atoms with Gasteiger partial charge in [0, 0.05) is 122 Å². The number of piperazine rings is 2. The summed E-state index contributed by atoms with van der Waals surface area (Å²) in [6, 6.07) is 9.59. The van der Waals surface area contributed by atoms with Gasteiger partial charge in [-0.3, -0.25) is 34.3 Å². The quantitative estimate of drug-likeness (QED) is 0.209. The zero-order valence-electron chi connectivity index (χ0n) is 35.5. The van der Waals surface area contributed by atoms with Crippen molar-refractivity contribution in [1.82, 2.24) is 44.4 Å². The van der Waals surface area contributed by atoms with Crippen LogP contribution in [-0.2, 0) is 16.1 Å². The SMILES string of the molecule is COc1cc(N2CCN(CCN3CCN(c4ccc(Nc5ncc6cc(C(=O)N(C)C)n(C7CCCC7)c6n5)nc4)CC3)CC2)cc2c1C(=O)N(C1CCC(=O)NC1=O)C2.Cl.Cl. The summed E-state index contributed by atoms with van der Waals surface area (Å²) >= 11 is 0. The average Bonchev–Trinajstić information content (AvgIpc) is 4.01. The van der Waals surface area contributed by atoms with Gasteiger partial charge in [0.05, 0.1) is 24.6 Å². The summed E-state index contributed by atoms with van der Waals surface area (Å²) in [5, 5.41) is 6.52. The molecular weight excluding hydrogens is 835 g/mol. The fourth-order valence-electron chi connectivity index (χ4n) is 9.50. The van der Waals surface area contributed by atoms with Gasteiger partial charge in [0.15, 0.2) is 0 Å². The first-order chi connectivity index (χ1) is 29.1. The first-order valence-electron chi connectivity index (χ1n) is 21.3. The minimum Gasteiger partial charge on any atom is -0.496 e. The van der Waals surface area contributed by atoms with Crippen LogP contribution in [0.2, 0.25) is 0 Å². The van der Waals surface area contributed by atoms with E-state index >= 15 is 0 Å².